The van der Waals surface area contributed by atoms with Gasteiger partial charge in [-0.1, -0.05) is 30.9 Å². The zero-order chi connectivity index (χ0) is 52.9. The average Bonchev–Trinajstić information content (AvgIpc) is 3.33. The molecule has 23 nitrogen and oxygen atoms in total. The number of alkyl halides is 12. The molecule has 1 rings (SSSR count). The van der Waals surface area contributed by atoms with Gasteiger partial charge in [-0.05, 0) is 12.8 Å². The maximum atomic E-state index is 12.0. The van der Waals surface area contributed by atoms with Crippen LogP contribution in [0.5, 0.6) is 0 Å². The van der Waals surface area contributed by atoms with Gasteiger partial charge >= 0.3 is 97.5 Å². The molecule has 0 fully saturated rings. The van der Waals surface area contributed by atoms with E-state index in [0.29, 0.717) is 4.90 Å². The number of nitrogens with zero attached hydrogens (tertiary/aromatic N) is 5. The number of hydrogen-bond donors (Lipinski definition) is 0. The number of carbonyl (C=O) groups is 2. The van der Waals surface area contributed by atoms with Gasteiger partial charge in [0.05, 0.1) is 41.6 Å². The van der Waals surface area contributed by atoms with Crippen LogP contribution in [-0.2, 0) is 89.8 Å². The summed E-state index contributed by atoms with van der Waals surface area (Å²) in [6.07, 6.45) is 3.46. The van der Waals surface area contributed by atoms with Crippen molar-refractivity contribution in [3.05, 3.63) is 78.1 Å². The van der Waals surface area contributed by atoms with Crippen LogP contribution in [0.4, 0.5) is 52.7 Å². The second kappa shape index (κ2) is 30.3. The van der Waals surface area contributed by atoms with E-state index in [1.165, 1.54) is 6.08 Å². The van der Waals surface area contributed by atoms with E-state index in [0.717, 1.165) is 18.2 Å². The molecule has 382 valence electrons. The van der Waals surface area contributed by atoms with Gasteiger partial charge in [-0.2, -0.15) is 52.7 Å². The molecule has 1 heterocycles. The Morgan fingerprint density at radius 2 is 0.812 bits per heavy atom. The summed E-state index contributed by atoms with van der Waals surface area (Å²) in [4.78, 5) is 22.9. The minimum Gasteiger partial charge on any atom is -0.428 e. The van der Waals surface area contributed by atoms with E-state index in [1.54, 1.807) is 8.25 Å². The van der Waals surface area contributed by atoms with E-state index in [4.69, 9.17) is 0 Å². The zero-order valence-corrected chi connectivity index (χ0v) is 41.4. The Morgan fingerprint density at radius 3 is 1.10 bits per heavy atom. The van der Waals surface area contributed by atoms with Crippen molar-refractivity contribution in [1.82, 2.24) is 4.90 Å². The van der Waals surface area contributed by atoms with Crippen LogP contribution in [0, 0.1) is 0 Å². The van der Waals surface area contributed by atoms with Gasteiger partial charge in [0.2, 0.25) is 0 Å². The molecule has 0 saturated carbocycles. The predicted molar refractivity (Wildman–Crippen MR) is 198 cm³/mol. The molecule has 0 aromatic rings. The van der Waals surface area contributed by atoms with E-state index < -0.39 is 138 Å². The number of amides is 2. The summed E-state index contributed by atoms with van der Waals surface area (Å²) in [5.41, 5.74) is -23.0. The van der Waals surface area contributed by atoms with Crippen molar-refractivity contribution < 1.29 is 205 Å². The van der Waals surface area contributed by atoms with Crippen LogP contribution >= 0.6 is 0 Å². The third-order valence-electron chi connectivity index (χ3n) is 5.05. The summed E-state index contributed by atoms with van der Waals surface area (Å²) < 4.78 is 317. The molecule has 47 heteroatoms. The maximum Gasteiger partial charge on any atom is 1.00 e. The standard InChI is InChI=1S/C8H8F3N2O6S2.C7H9F3NO4S2.C4H5F3NO4S2.C3H3F3NO4S2.4Li/c9-8(10,11)21(18,19)12-20(16,17)5-1-4-13-6(14)2-3-7(13)15;1-3-4-6(2)5-16(12,13)11-17(14,15)7(8,9)10;1-2-3-13(9,10)8-14(11,12)4(5,6)7;1-2-12(8,9)7-13(10,11)3(4,5)6;;;;/h2-3H,1,4-5H2;3H,1-2,4-5H2;2H,1,3H2;2H,1H2;;;;/q4*-1;4*+1. The molecule has 2 amide bonds. The summed E-state index contributed by atoms with van der Waals surface area (Å²) in [7, 11) is -43.3. The molecule has 0 atom stereocenters. The van der Waals surface area contributed by atoms with E-state index in [-0.39, 0.29) is 99.4 Å². The molecular formula is C22H25F12Li4N5O18S8. The molecule has 0 aromatic heterocycles. The van der Waals surface area contributed by atoms with Gasteiger partial charge in [-0.3, -0.25) is 14.5 Å². The molecule has 0 bridgehead atoms. The maximum absolute atomic E-state index is 12.0. The van der Waals surface area contributed by atoms with Crippen molar-refractivity contribution >= 4 is 92.0 Å². The first-order valence-electron chi connectivity index (χ1n) is 14.5. The Hall–Kier alpha value is -1.17. The molecule has 0 radical (unpaired) electrons. The van der Waals surface area contributed by atoms with Gasteiger partial charge in [0.15, 0.2) is 40.1 Å². The summed E-state index contributed by atoms with van der Waals surface area (Å²) in [6.45, 7) is 11.6. The first-order valence-corrected chi connectivity index (χ1v) is 26.6. The first-order chi connectivity index (χ1) is 28.3. The number of halogens is 12. The van der Waals surface area contributed by atoms with Crippen LogP contribution in [0.15, 0.2) is 61.6 Å². The van der Waals surface area contributed by atoms with Crippen molar-refractivity contribution in [3.8, 4) is 0 Å². The molecular weight excluding hydrogens is 1130 g/mol. The molecule has 0 aliphatic carbocycles. The van der Waals surface area contributed by atoms with Gasteiger partial charge in [0.25, 0.3) is 11.8 Å². The molecule has 1 aliphatic heterocycles. The smallest absolute Gasteiger partial charge is 0.428 e. The van der Waals surface area contributed by atoms with Crippen LogP contribution in [-0.4, -0.2) is 130 Å². The number of allylic oxidation sites excluding steroid dienone is 1. The predicted octanol–water partition coefficient (Wildman–Crippen LogP) is -9.05. The SMILES string of the molecule is C=CCC(=C)CS(=O)(=O)[N-]S(=O)(=O)C(F)(F)F.C=CCS(=O)(=O)[N-]S(=O)(=O)C(F)(F)F.C=CS(=O)(=O)[N-]S(=O)(=O)C(F)(F)F.O=C1C=CC(=O)N1CCCS(=O)(=O)[N-]S(=O)(=O)C(F)(F)F.[Li+].[Li+].[Li+].[Li+]. The second-order valence-corrected chi connectivity index (χ2v) is 24.4. The molecule has 0 spiro atoms. The summed E-state index contributed by atoms with van der Waals surface area (Å²) >= 11 is 0. The third kappa shape index (κ3) is 31.9. The van der Waals surface area contributed by atoms with Crippen LogP contribution in [0.3, 0.4) is 0 Å². The van der Waals surface area contributed by atoms with E-state index >= 15 is 0 Å². The number of imide groups is 1. The number of rotatable bonds is 19. The summed E-state index contributed by atoms with van der Waals surface area (Å²) in [5, 5.41) is -0.00368. The Bertz CT molecular complexity index is 2730. The Labute approximate surface area is 435 Å². The van der Waals surface area contributed by atoms with E-state index in [1.807, 2.05) is 8.25 Å². The third-order valence-corrected chi connectivity index (χ3v) is 16.7. The molecule has 0 unspecified atom stereocenters. The molecule has 0 aromatic carbocycles. The Balaban J connectivity index is -0.000000148. The van der Waals surface area contributed by atoms with Crippen LogP contribution < -0.4 is 75.4 Å². The largest absolute Gasteiger partial charge is 1.00 e. The van der Waals surface area contributed by atoms with Crippen molar-refractivity contribution in [3.63, 3.8) is 0 Å². The van der Waals surface area contributed by atoms with Gasteiger partial charge in [-0.25, -0.2) is 67.3 Å². The van der Waals surface area contributed by atoms with E-state index in [9.17, 15) is 130 Å². The van der Waals surface area contributed by atoms with Crippen LogP contribution in [0.1, 0.15) is 12.8 Å². The van der Waals surface area contributed by atoms with Crippen molar-refractivity contribution in [1.29, 1.82) is 0 Å². The molecule has 1 aliphatic rings. The monoisotopic (exact) mass is 1160 g/mol. The average molecular weight is 1160 g/mol. The number of carbonyl (C=O) groups excluding carboxylic acids is 2. The molecule has 69 heavy (non-hydrogen) atoms. The second-order valence-electron chi connectivity index (χ2n) is 10.5. The van der Waals surface area contributed by atoms with E-state index in [2.05, 4.69) is 26.3 Å². The quantitative estimate of drug-likeness (QED) is 0.0502. The Morgan fingerprint density at radius 1 is 0.507 bits per heavy atom. The number of hydrogen-bond acceptors (Lipinski definition) is 18. The fourth-order valence-electron chi connectivity index (χ4n) is 2.61. The first kappa shape index (κ1) is 81.9. The summed E-state index contributed by atoms with van der Waals surface area (Å²) in [5.74, 6) is -4.40. The fraction of sp³-hybridized carbons (Fsp3) is 0.455. The topological polar surface area (TPSA) is 367 Å². The van der Waals surface area contributed by atoms with Gasteiger partial charge < -0.3 is 16.5 Å². The summed E-state index contributed by atoms with van der Waals surface area (Å²) in [6, 6.07) is 0. The van der Waals surface area contributed by atoms with Gasteiger partial charge in [0, 0.05) is 29.9 Å². The number of sulfonamides is 8. The van der Waals surface area contributed by atoms with Crippen molar-refractivity contribution in [2.45, 2.75) is 34.9 Å². The van der Waals surface area contributed by atoms with Gasteiger partial charge in [-0.15, -0.1) is 13.2 Å². The van der Waals surface area contributed by atoms with Crippen LogP contribution in [0.25, 0.3) is 16.5 Å². The molecule has 0 saturated heterocycles. The minimum atomic E-state index is -6.15. The van der Waals surface area contributed by atoms with Gasteiger partial charge in [0.1, 0.15) is 10.0 Å². The molecule has 0 N–H and O–H groups in total. The normalized spacial score (nSPS) is 13.9. The van der Waals surface area contributed by atoms with Crippen molar-refractivity contribution in [2.75, 3.05) is 23.8 Å². The zero-order valence-electron chi connectivity index (χ0n) is 34.8. The minimum absolute atomic E-state index is 0. The van der Waals surface area contributed by atoms with Crippen LogP contribution in [0.2, 0.25) is 0 Å². The Kier molecular flexibility index (Phi) is 35.9. The van der Waals surface area contributed by atoms with Crippen molar-refractivity contribution in [2.24, 2.45) is 0 Å². The fourth-order valence-corrected chi connectivity index (χ4v) is 11.1.